The van der Waals surface area contributed by atoms with Crippen molar-refractivity contribution in [1.29, 1.82) is 0 Å². The van der Waals surface area contributed by atoms with Crippen LogP contribution in [0.15, 0.2) is 6.20 Å². The molecule has 18 heavy (non-hydrogen) atoms. The SMILES string of the molecule is Cc1ncc(CCl)c(N2CCC(C(C)(C)C)C2)n1. The molecule has 1 aliphatic heterocycles. The Kier molecular flexibility index (Phi) is 3.81. The molecule has 0 saturated carbocycles. The normalized spacial score (nSPS) is 20.5. The first-order chi connectivity index (χ1) is 8.41. The summed E-state index contributed by atoms with van der Waals surface area (Å²) in [5.41, 5.74) is 1.40. The van der Waals surface area contributed by atoms with Gasteiger partial charge in [-0.1, -0.05) is 20.8 Å². The van der Waals surface area contributed by atoms with Gasteiger partial charge >= 0.3 is 0 Å². The van der Waals surface area contributed by atoms with Gasteiger partial charge in [0, 0.05) is 24.8 Å². The van der Waals surface area contributed by atoms with Crippen molar-refractivity contribution in [2.75, 3.05) is 18.0 Å². The van der Waals surface area contributed by atoms with E-state index in [1.165, 1.54) is 6.42 Å². The molecular formula is C14H22ClN3. The highest BCUT2D eigenvalue weighted by molar-refractivity contribution is 6.17. The molecule has 0 N–H and O–H groups in total. The van der Waals surface area contributed by atoms with E-state index >= 15 is 0 Å². The monoisotopic (exact) mass is 267 g/mol. The lowest BCUT2D eigenvalue weighted by molar-refractivity contribution is 0.263. The van der Waals surface area contributed by atoms with Crippen molar-refractivity contribution < 1.29 is 0 Å². The van der Waals surface area contributed by atoms with Crippen LogP contribution in [0.2, 0.25) is 0 Å². The summed E-state index contributed by atoms with van der Waals surface area (Å²) >= 11 is 5.98. The second kappa shape index (κ2) is 5.04. The molecule has 3 nitrogen and oxygen atoms in total. The number of rotatable bonds is 2. The first-order valence-corrected chi connectivity index (χ1v) is 7.08. The van der Waals surface area contributed by atoms with Gasteiger partial charge in [-0.2, -0.15) is 0 Å². The number of nitrogens with zero attached hydrogens (tertiary/aromatic N) is 3. The van der Waals surface area contributed by atoms with Gasteiger partial charge in [-0.25, -0.2) is 9.97 Å². The number of hydrogen-bond donors (Lipinski definition) is 0. The summed E-state index contributed by atoms with van der Waals surface area (Å²) in [6.07, 6.45) is 3.09. The molecule has 2 rings (SSSR count). The third-order valence-electron chi connectivity index (χ3n) is 3.82. The van der Waals surface area contributed by atoms with E-state index in [2.05, 4.69) is 35.6 Å². The molecule has 0 bridgehead atoms. The number of aromatic nitrogens is 2. The Labute approximate surface area is 115 Å². The minimum absolute atomic E-state index is 0.359. The molecule has 100 valence electrons. The average Bonchev–Trinajstić information content (AvgIpc) is 2.77. The molecular weight excluding hydrogens is 246 g/mol. The molecule has 0 aromatic carbocycles. The fourth-order valence-electron chi connectivity index (χ4n) is 2.51. The number of aryl methyl sites for hydroxylation is 1. The molecule has 1 aromatic rings. The summed E-state index contributed by atoms with van der Waals surface area (Å²) in [4.78, 5) is 11.2. The van der Waals surface area contributed by atoms with Gasteiger partial charge < -0.3 is 4.90 Å². The van der Waals surface area contributed by atoms with Crippen molar-refractivity contribution in [3.63, 3.8) is 0 Å². The molecule has 0 spiro atoms. The van der Waals surface area contributed by atoms with Crippen LogP contribution in [0.25, 0.3) is 0 Å². The van der Waals surface area contributed by atoms with Gasteiger partial charge in [0.2, 0.25) is 0 Å². The zero-order valence-corrected chi connectivity index (χ0v) is 12.5. The molecule has 0 radical (unpaired) electrons. The van der Waals surface area contributed by atoms with Gasteiger partial charge in [0.15, 0.2) is 0 Å². The van der Waals surface area contributed by atoms with E-state index in [9.17, 15) is 0 Å². The van der Waals surface area contributed by atoms with Crippen molar-refractivity contribution in [3.8, 4) is 0 Å². The topological polar surface area (TPSA) is 29.0 Å². The predicted octanol–water partition coefficient (Wildman–Crippen LogP) is 3.40. The molecule has 2 heterocycles. The zero-order chi connectivity index (χ0) is 13.3. The number of anilines is 1. The highest BCUT2D eigenvalue weighted by atomic mass is 35.5. The maximum Gasteiger partial charge on any atom is 0.136 e. The van der Waals surface area contributed by atoms with E-state index in [4.69, 9.17) is 11.6 Å². The summed E-state index contributed by atoms with van der Waals surface area (Å²) in [5, 5.41) is 0. The van der Waals surface area contributed by atoms with Crippen LogP contribution in [0, 0.1) is 18.3 Å². The Morgan fingerprint density at radius 1 is 1.44 bits per heavy atom. The standard InChI is InChI=1S/C14H22ClN3/c1-10-16-8-11(7-15)13(17-10)18-6-5-12(9-18)14(2,3)4/h8,12H,5-7,9H2,1-4H3. The molecule has 0 aliphatic carbocycles. The van der Waals surface area contributed by atoms with Crippen molar-refractivity contribution in [3.05, 3.63) is 17.6 Å². The number of hydrogen-bond acceptors (Lipinski definition) is 3. The van der Waals surface area contributed by atoms with Crippen LogP contribution < -0.4 is 4.90 Å². The van der Waals surface area contributed by atoms with Crippen LogP contribution in [-0.2, 0) is 5.88 Å². The van der Waals surface area contributed by atoms with Crippen LogP contribution in [0.3, 0.4) is 0 Å². The van der Waals surface area contributed by atoms with Gasteiger partial charge in [0.05, 0.1) is 5.88 Å². The second-order valence-corrected chi connectivity index (χ2v) is 6.46. The van der Waals surface area contributed by atoms with Gasteiger partial charge in [-0.3, -0.25) is 0 Å². The van der Waals surface area contributed by atoms with Crippen LogP contribution in [-0.4, -0.2) is 23.1 Å². The van der Waals surface area contributed by atoms with Crippen LogP contribution in [0.5, 0.6) is 0 Å². The number of alkyl halides is 1. The summed E-state index contributed by atoms with van der Waals surface area (Å²) in [5.74, 6) is 3.05. The Bertz CT molecular complexity index is 426. The van der Waals surface area contributed by atoms with Crippen LogP contribution >= 0.6 is 11.6 Å². The smallest absolute Gasteiger partial charge is 0.136 e. The lowest BCUT2D eigenvalue weighted by Gasteiger charge is -2.27. The fourth-order valence-corrected chi connectivity index (χ4v) is 2.70. The van der Waals surface area contributed by atoms with Gasteiger partial charge in [0.1, 0.15) is 11.6 Å². The molecule has 1 aliphatic rings. The van der Waals surface area contributed by atoms with E-state index in [1.54, 1.807) is 0 Å². The molecule has 1 atom stereocenters. The average molecular weight is 268 g/mol. The van der Waals surface area contributed by atoms with Crippen LogP contribution in [0.1, 0.15) is 38.6 Å². The minimum atomic E-state index is 0.359. The minimum Gasteiger partial charge on any atom is -0.356 e. The quantitative estimate of drug-likeness (QED) is 0.769. The number of halogens is 1. The van der Waals surface area contributed by atoms with Crippen molar-refractivity contribution in [1.82, 2.24) is 9.97 Å². The summed E-state index contributed by atoms with van der Waals surface area (Å²) in [7, 11) is 0. The van der Waals surface area contributed by atoms with E-state index in [0.717, 1.165) is 36.2 Å². The zero-order valence-electron chi connectivity index (χ0n) is 11.7. The van der Waals surface area contributed by atoms with Crippen molar-refractivity contribution >= 4 is 17.4 Å². The second-order valence-electron chi connectivity index (χ2n) is 6.20. The Morgan fingerprint density at radius 3 is 2.72 bits per heavy atom. The Balaban J connectivity index is 2.21. The van der Waals surface area contributed by atoms with Crippen molar-refractivity contribution in [2.24, 2.45) is 11.3 Å². The molecule has 4 heteroatoms. The highest BCUT2D eigenvalue weighted by Crippen LogP contribution is 2.36. The molecule has 1 unspecified atom stereocenters. The van der Waals surface area contributed by atoms with Crippen molar-refractivity contribution in [2.45, 2.75) is 40.0 Å². The van der Waals surface area contributed by atoms with E-state index in [1.807, 2.05) is 13.1 Å². The summed E-state index contributed by atoms with van der Waals surface area (Å²) < 4.78 is 0. The predicted molar refractivity (Wildman–Crippen MR) is 76.1 cm³/mol. The van der Waals surface area contributed by atoms with Gasteiger partial charge in [0.25, 0.3) is 0 Å². The maximum atomic E-state index is 5.98. The van der Waals surface area contributed by atoms with Gasteiger partial charge in [-0.15, -0.1) is 11.6 Å². The maximum absolute atomic E-state index is 5.98. The van der Waals surface area contributed by atoms with E-state index in [0.29, 0.717) is 11.3 Å². The Hall–Kier alpha value is -0.830. The molecule has 1 aromatic heterocycles. The summed E-state index contributed by atoms with van der Waals surface area (Å²) in [6.45, 7) is 11.0. The Morgan fingerprint density at radius 2 is 2.17 bits per heavy atom. The summed E-state index contributed by atoms with van der Waals surface area (Å²) in [6, 6.07) is 0. The lowest BCUT2D eigenvalue weighted by Crippen LogP contribution is -2.27. The first kappa shape index (κ1) is 13.6. The first-order valence-electron chi connectivity index (χ1n) is 6.55. The van der Waals surface area contributed by atoms with Crippen LogP contribution in [0.4, 0.5) is 5.82 Å². The largest absolute Gasteiger partial charge is 0.356 e. The third-order valence-corrected chi connectivity index (χ3v) is 4.11. The molecule has 1 saturated heterocycles. The lowest BCUT2D eigenvalue weighted by atomic mass is 9.80. The molecule has 0 amide bonds. The van der Waals surface area contributed by atoms with E-state index < -0.39 is 0 Å². The van der Waals surface area contributed by atoms with Gasteiger partial charge in [-0.05, 0) is 24.7 Å². The fraction of sp³-hybridized carbons (Fsp3) is 0.714. The third kappa shape index (κ3) is 2.77. The van der Waals surface area contributed by atoms with E-state index in [-0.39, 0.29) is 0 Å². The molecule has 1 fully saturated rings. The highest BCUT2D eigenvalue weighted by Gasteiger charge is 2.33.